The van der Waals surface area contributed by atoms with E-state index in [2.05, 4.69) is 15.9 Å². The van der Waals surface area contributed by atoms with E-state index in [-0.39, 0.29) is 16.5 Å². The van der Waals surface area contributed by atoms with Crippen molar-refractivity contribution in [2.45, 2.75) is 0 Å². The SMILES string of the molecule is N#Cc1ccc(Oc2cc(Br)cc([N+](=O)[O-])c2)c(Cl)c1. The van der Waals surface area contributed by atoms with E-state index in [1.54, 1.807) is 12.1 Å². The number of hydrogen-bond acceptors (Lipinski definition) is 4. The maximum atomic E-state index is 10.8. The Hall–Kier alpha value is -2.10. The van der Waals surface area contributed by atoms with Crippen molar-refractivity contribution in [2.24, 2.45) is 0 Å². The number of nitriles is 1. The fraction of sp³-hybridized carbons (Fsp3) is 0. The van der Waals surface area contributed by atoms with Gasteiger partial charge in [-0.2, -0.15) is 5.26 Å². The summed E-state index contributed by atoms with van der Waals surface area (Å²) in [5, 5.41) is 19.8. The second kappa shape index (κ2) is 5.90. The molecule has 0 aliphatic rings. The quantitative estimate of drug-likeness (QED) is 0.593. The minimum absolute atomic E-state index is 0.0980. The zero-order valence-corrected chi connectivity index (χ0v) is 12.2. The highest BCUT2D eigenvalue weighted by Gasteiger charge is 2.11. The zero-order chi connectivity index (χ0) is 14.7. The Balaban J connectivity index is 2.35. The Morgan fingerprint density at radius 3 is 2.65 bits per heavy atom. The Kier molecular flexibility index (Phi) is 4.23. The maximum absolute atomic E-state index is 10.8. The van der Waals surface area contributed by atoms with E-state index >= 15 is 0 Å². The van der Waals surface area contributed by atoms with Gasteiger partial charge in [-0.15, -0.1) is 0 Å². The number of halogens is 2. The number of non-ortho nitro benzene ring substituents is 1. The summed E-state index contributed by atoms with van der Waals surface area (Å²) in [5.41, 5.74) is 0.307. The van der Waals surface area contributed by atoms with E-state index in [4.69, 9.17) is 21.6 Å². The molecule has 0 saturated carbocycles. The molecular formula is C13H6BrClN2O3. The third kappa shape index (κ3) is 3.26. The number of ether oxygens (including phenoxy) is 1. The zero-order valence-electron chi connectivity index (χ0n) is 9.84. The van der Waals surface area contributed by atoms with Gasteiger partial charge in [0.25, 0.3) is 5.69 Å². The van der Waals surface area contributed by atoms with Crippen molar-refractivity contribution in [2.75, 3.05) is 0 Å². The van der Waals surface area contributed by atoms with Crippen molar-refractivity contribution in [1.29, 1.82) is 5.26 Å². The molecule has 0 aliphatic carbocycles. The largest absolute Gasteiger partial charge is 0.455 e. The topological polar surface area (TPSA) is 76.2 Å². The Morgan fingerprint density at radius 2 is 2.05 bits per heavy atom. The summed E-state index contributed by atoms with van der Waals surface area (Å²) in [6.45, 7) is 0. The van der Waals surface area contributed by atoms with Crippen LogP contribution in [-0.4, -0.2) is 4.92 Å². The first-order chi connectivity index (χ1) is 9.49. The minimum Gasteiger partial charge on any atom is -0.455 e. The number of benzene rings is 2. The molecule has 7 heteroatoms. The molecular weight excluding hydrogens is 348 g/mol. The van der Waals surface area contributed by atoms with Gasteiger partial charge in [-0.3, -0.25) is 10.1 Å². The maximum Gasteiger partial charge on any atom is 0.274 e. The average molecular weight is 354 g/mol. The summed E-state index contributed by atoms with van der Waals surface area (Å²) in [6, 6.07) is 10.7. The molecule has 0 heterocycles. The summed E-state index contributed by atoms with van der Waals surface area (Å²) in [5.74, 6) is 0.593. The molecule has 20 heavy (non-hydrogen) atoms. The second-order valence-corrected chi connectivity index (χ2v) is 5.08. The molecule has 0 N–H and O–H groups in total. The van der Waals surface area contributed by atoms with Crippen molar-refractivity contribution in [1.82, 2.24) is 0 Å². The predicted molar refractivity (Wildman–Crippen MR) is 77.0 cm³/mol. The molecule has 0 spiro atoms. The van der Waals surface area contributed by atoms with E-state index in [9.17, 15) is 10.1 Å². The van der Waals surface area contributed by atoms with Crippen LogP contribution in [0, 0.1) is 21.4 Å². The molecule has 5 nitrogen and oxygen atoms in total. The molecule has 0 aliphatic heterocycles. The minimum atomic E-state index is -0.516. The van der Waals surface area contributed by atoms with Gasteiger partial charge >= 0.3 is 0 Å². The highest BCUT2D eigenvalue weighted by molar-refractivity contribution is 9.10. The first-order valence-corrected chi connectivity index (χ1v) is 6.49. The lowest BCUT2D eigenvalue weighted by Crippen LogP contribution is -1.91. The van der Waals surface area contributed by atoms with Crippen molar-refractivity contribution in [3.8, 4) is 17.6 Å². The van der Waals surface area contributed by atoms with Gasteiger partial charge in [0.15, 0.2) is 0 Å². The number of nitrogens with zero attached hydrogens (tertiary/aromatic N) is 2. The van der Waals surface area contributed by atoms with E-state index < -0.39 is 4.92 Å². The molecule has 0 radical (unpaired) electrons. The smallest absolute Gasteiger partial charge is 0.274 e. The van der Waals surface area contributed by atoms with E-state index in [0.29, 0.717) is 15.8 Å². The van der Waals surface area contributed by atoms with Crippen LogP contribution in [-0.2, 0) is 0 Å². The Bertz CT molecular complexity index is 728. The Morgan fingerprint density at radius 1 is 1.30 bits per heavy atom. The summed E-state index contributed by atoms with van der Waals surface area (Å²) in [6.07, 6.45) is 0. The Labute approximate surface area is 127 Å². The van der Waals surface area contributed by atoms with Crippen LogP contribution in [0.5, 0.6) is 11.5 Å². The van der Waals surface area contributed by atoms with E-state index in [0.717, 1.165) is 0 Å². The van der Waals surface area contributed by atoms with Gasteiger partial charge in [-0.05, 0) is 24.3 Å². The van der Waals surface area contributed by atoms with Gasteiger partial charge in [0, 0.05) is 10.5 Å². The average Bonchev–Trinajstić information content (AvgIpc) is 2.40. The number of hydrogen-bond donors (Lipinski definition) is 0. The molecule has 2 aromatic rings. The number of nitro groups is 1. The lowest BCUT2D eigenvalue weighted by molar-refractivity contribution is -0.385. The fourth-order valence-corrected chi connectivity index (χ4v) is 2.17. The summed E-state index contributed by atoms with van der Waals surface area (Å²) in [7, 11) is 0. The first-order valence-electron chi connectivity index (χ1n) is 5.32. The van der Waals surface area contributed by atoms with E-state index in [1.165, 1.54) is 24.3 Å². The molecule has 0 unspecified atom stereocenters. The predicted octanol–water partition coefficient (Wildman–Crippen LogP) is 4.67. The highest BCUT2D eigenvalue weighted by Crippen LogP contribution is 2.33. The van der Waals surface area contributed by atoms with Crippen LogP contribution in [0.2, 0.25) is 5.02 Å². The lowest BCUT2D eigenvalue weighted by Gasteiger charge is -2.08. The molecule has 0 fully saturated rings. The van der Waals surface area contributed by atoms with Gasteiger partial charge in [0.05, 0.1) is 27.6 Å². The normalized spacial score (nSPS) is 9.85. The van der Waals surface area contributed by atoms with Gasteiger partial charge in [0.2, 0.25) is 0 Å². The highest BCUT2D eigenvalue weighted by atomic mass is 79.9. The van der Waals surface area contributed by atoms with Crippen molar-refractivity contribution in [3.05, 3.63) is 61.6 Å². The third-order valence-electron chi connectivity index (χ3n) is 2.36. The molecule has 100 valence electrons. The van der Waals surface area contributed by atoms with Crippen LogP contribution in [0.3, 0.4) is 0 Å². The van der Waals surface area contributed by atoms with Gasteiger partial charge in [-0.25, -0.2) is 0 Å². The second-order valence-electron chi connectivity index (χ2n) is 3.76. The lowest BCUT2D eigenvalue weighted by atomic mass is 10.2. The summed E-state index contributed by atoms with van der Waals surface area (Å²) >= 11 is 9.15. The van der Waals surface area contributed by atoms with Crippen LogP contribution >= 0.6 is 27.5 Å². The van der Waals surface area contributed by atoms with Crippen molar-refractivity contribution >= 4 is 33.2 Å². The molecule has 0 bridgehead atoms. The molecule has 0 aromatic heterocycles. The summed E-state index contributed by atoms with van der Waals surface area (Å²) in [4.78, 5) is 10.3. The van der Waals surface area contributed by atoms with E-state index in [1.807, 2.05) is 6.07 Å². The van der Waals surface area contributed by atoms with Crippen molar-refractivity contribution in [3.63, 3.8) is 0 Å². The van der Waals surface area contributed by atoms with Crippen LogP contribution in [0.15, 0.2) is 40.9 Å². The molecule has 2 aromatic carbocycles. The van der Waals surface area contributed by atoms with Gasteiger partial charge in [-0.1, -0.05) is 27.5 Å². The molecule has 2 rings (SSSR count). The molecule has 0 atom stereocenters. The van der Waals surface area contributed by atoms with Gasteiger partial charge < -0.3 is 4.74 Å². The first kappa shape index (κ1) is 14.3. The summed E-state index contributed by atoms with van der Waals surface area (Å²) < 4.78 is 6.02. The molecule has 0 saturated heterocycles. The fourth-order valence-electron chi connectivity index (χ4n) is 1.49. The van der Waals surface area contributed by atoms with Crippen molar-refractivity contribution < 1.29 is 9.66 Å². The number of nitro benzene ring substituents is 1. The number of rotatable bonds is 3. The van der Waals surface area contributed by atoms with Crippen LogP contribution in [0.25, 0.3) is 0 Å². The van der Waals surface area contributed by atoms with Crippen LogP contribution < -0.4 is 4.74 Å². The van der Waals surface area contributed by atoms with Gasteiger partial charge in [0.1, 0.15) is 11.5 Å². The standard InChI is InChI=1S/C13H6BrClN2O3/c14-9-4-10(17(18)19)6-11(5-9)20-13-2-1-8(7-16)3-12(13)15/h1-6H. The molecule has 0 amide bonds. The van der Waals surface area contributed by atoms with Crippen LogP contribution in [0.4, 0.5) is 5.69 Å². The van der Waals surface area contributed by atoms with Crippen LogP contribution in [0.1, 0.15) is 5.56 Å². The monoisotopic (exact) mass is 352 g/mol. The third-order valence-corrected chi connectivity index (χ3v) is 3.11.